The average molecular weight is 386 g/mol. The van der Waals surface area contributed by atoms with Crippen molar-refractivity contribution in [2.45, 2.75) is 18.9 Å². The molecular formula is C24H26N4O. The predicted molar refractivity (Wildman–Crippen MR) is 120 cm³/mol. The molecule has 1 fully saturated rings. The first-order valence-electron chi connectivity index (χ1n) is 10.00. The number of fused-ring (bicyclic) bond motifs is 1. The Bertz CT molecular complexity index is 1040. The van der Waals surface area contributed by atoms with Crippen molar-refractivity contribution in [2.24, 2.45) is 0 Å². The van der Waals surface area contributed by atoms with Gasteiger partial charge >= 0.3 is 0 Å². The van der Waals surface area contributed by atoms with Crippen LogP contribution in [0.2, 0.25) is 0 Å². The zero-order valence-corrected chi connectivity index (χ0v) is 16.7. The van der Waals surface area contributed by atoms with Gasteiger partial charge in [-0.3, -0.25) is 9.78 Å². The standard InChI is InChI=1S/C24H26N4O/c1-3-24(29)27-20-6-4-5-17(15-20)18-7-8-22-21(16-18)23(9-12-25-22)26-19-10-13-28(2)14-11-19/h3-9,12,15-16,19H,1,10-11,13-14H2,2H3,(H,25,26)(H,27,29). The molecule has 0 unspecified atom stereocenters. The Labute approximate surface area is 171 Å². The number of hydrogen-bond acceptors (Lipinski definition) is 4. The zero-order valence-electron chi connectivity index (χ0n) is 16.7. The van der Waals surface area contributed by atoms with Gasteiger partial charge in [0.15, 0.2) is 0 Å². The SMILES string of the molecule is C=CC(=O)Nc1cccc(-c2ccc3nccc(NC4CCN(C)CC4)c3c2)c1. The van der Waals surface area contributed by atoms with Crippen LogP contribution in [0.25, 0.3) is 22.0 Å². The molecule has 0 saturated carbocycles. The van der Waals surface area contributed by atoms with Crippen LogP contribution in [-0.4, -0.2) is 42.0 Å². The second-order valence-corrected chi connectivity index (χ2v) is 7.59. The van der Waals surface area contributed by atoms with E-state index >= 15 is 0 Å². The van der Waals surface area contributed by atoms with Crippen LogP contribution in [0.1, 0.15) is 12.8 Å². The maximum Gasteiger partial charge on any atom is 0.247 e. The highest BCUT2D eigenvalue weighted by atomic mass is 16.1. The lowest BCUT2D eigenvalue weighted by atomic mass is 10.0. The van der Waals surface area contributed by atoms with Gasteiger partial charge in [-0.25, -0.2) is 0 Å². The molecule has 1 saturated heterocycles. The maximum atomic E-state index is 11.6. The van der Waals surface area contributed by atoms with E-state index in [1.54, 1.807) is 0 Å². The lowest BCUT2D eigenvalue weighted by Crippen LogP contribution is -2.36. The van der Waals surface area contributed by atoms with Crippen molar-refractivity contribution in [1.82, 2.24) is 9.88 Å². The normalized spacial score (nSPS) is 15.2. The number of amides is 1. The summed E-state index contributed by atoms with van der Waals surface area (Å²) in [7, 11) is 2.18. The fraction of sp³-hybridized carbons (Fsp3) is 0.250. The van der Waals surface area contributed by atoms with Crippen LogP contribution < -0.4 is 10.6 Å². The minimum Gasteiger partial charge on any atom is -0.382 e. The topological polar surface area (TPSA) is 57.3 Å². The highest BCUT2D eigenvalue weighted by Gasteiger charge is 2.17. The molecule has 4 rings (SSSR count). The molecule has 1 aliphatic rings. The van der Waals surface area contributed by atoms with Crippen LogP contribution in [-0.2, 0) is 4.79 Å². The first kappa shape index (κ1) is 19.2. The summed E-state index contributed by atoms with van der Waals surface area (Å²) in [4.78, 5) is 18.5. The Hall–Kier alpha value is -3.18. The molecule has 2 aromatic carbocycles. The van der Waals surface area contributed by atoms with Gasteiger partial charge in [0.05, 0.1) is 5.52 Å². The lowest BCUT2D eigenvalue weighted by molar-refractivity contribution is -0.111. The minimum atomic E-state index is -0.213. The number of piperidine rings is 1. The molecule has 2 N–H and O–H groups in total. The molecule has 148 valence electrons. The summed E-state index contributed by atoms with van der Waals surface area (Å²) in [6.07, 6.45) is 5.43. The minimum absolute atomic E-state index is 0.213. The van der Waals surface area contributed by atoms with Crippen LogP contribution in [0, 0.1) is 0 Å². The van der Waals surface area contributed by atoms with Crippen LogP contribution >= 0.6 is 0 Å². The number of likely N-dealkylation sites (tertiary alicyclic amines) is 1. The molecule has 1 amide bonds. The first-order chi connectivity index (χ1) is 14.1. The van der Waals surface area contributed by atoms with Crippen molar-refractivity contribution in [3.63, 3.8) is 0 Å². The van der Waals surface area contributed by atoms with Crippen molar-refractivity contribution >= 4 is 28.2 Å². The highest BCUT2D eigenvalue weighted by Crippen LogP contribution is 2.30. The quantitative estimate of drug-likeness (QED) is 0.633. The van der Waals surface area contributed by atoms with Gasteiger partial charge in [0.2, 0.25) is 5.91 Å². The van der Waals surface area contributed by atoms with E-state index in [9.17, 15) is 4.79 Å². The van der Waals surface area contributed by atoms with E-state index in [-0.39, 0.29) is 5.91 Å². The number of carbonyl (C=O) groups excluding carboxylic acids is 1. The molecule has 5 nitrogen and oxygen atoms in total. The molecule has 2 heterocycles. The molecule has 5 heteroatoms. The van der Waals surface area contributed by atoms with Gasteiger partial charge in [0, 0.05) is 29.0 Å². The number of nitrogens with zero attached hydrogens (tertiary/aromatic N) is 2. The van der Waals surface area contributed by atoms with Crippen molar-refractivity contribution in [3.05, 3.63) is 67.4 Å². The van der Waals surface area contributed by atoms with E-state index in [1.807, 2.05) is 30.5 Å². The third-order valence-electron chi connectivity index (χ3n) is 5.47. The zero-order chi connectivity index (χ0) is 20.2. The Morgan fingerprint density at radius 1 is 1.14 bits per heavy atom. The summed E-state index contributed by atoms with van der Waals surface area (Å²) < 4.78 is 0. The first-order valence-corrected chi connectivity index (χ1v) is 10.00. The molecule has 1 aliphatic heterocycles. The van der Waals surface area contributed by atoms with Gasteiger partial charge in [-0.2, -0.15) is 0 Å². The van der Waals surface area contributed by atoms with Crippen molar-refractivity contribution in [2.75, 3.05) is 30.8 Å². The van der Waals surface area contributed by atoms with Crippen LogP contribution in [0.4, 0.5) is 11.4 Å². The molecule has 0 aliphatic carbocycles. The van der Waals surface area contributed by atoms with E-state index in [1.165, 1.54) is 6.08 Å². The van der Waals surface area contributed by atoms with E-state index < -0.39 is 0 Å². The Morgan fingerprint density at radius 2 is 1.93 bits per heavy atom. The number of pyridine rings is 1. The smallest absolute Gasteiger partial charge is 0.247 e. The van der Waals surface area contributed by atoms with E-state index in [0.29, 0.717) is 6.04 Å². The van der Waals surface area contributed by atoms with Crippen LogP contribution in [0.5, 0.6) is 0 Å². The average Bonchev–Trinajstić information content (AvgIpc) is 2.75. The number of anilines is 2. The second-order valence-electron chi connectivity index (χ2n) is 7.59. The fourth-order valence-electron chi connectivity index (χ4n) is 3.79. The molecule has 29 heavy (non-hydrogen) atoms. The molecule has 3 aromatic rings. The van der Waals surface area contributed by atoms with Gasteiger partial charge in [-0.1, -0.05) is 24.8 Å². The molecule has 0 bridgehead atoms. The summed E-state index contributed by atoms with van der Waals surface area (Å²) in [6.45, 7) is 5.75. The number of carbonyl (C=O) groups is 1. The molecule has 1 aromatic heterocycles. The highest BCUT2D eigenvalue weighted by molar-refractivity contribution is 5.99. The Morgan fingerprint density at radius 3 is 2.72 bits per heavy atom. The number of aromatic nitrogens is 1. The van der Waals surface area contributed by atoms with Gasteiger partial charge in [0.1, 0.15) is 0 Å². The summed E-state index contributed by atoms with van der Waals surface area (Å²) in [5.41, 5.74) is 4.99. The monoisotopic (exact) mass is 386 g/mol. The van der Waals surface area contributed by atoms with Gasteiger partial charge in [-0.15, -0.1) is 0 Å². The summed E-state index contributed by atoms with van der Waals surface area (Å²) in [6, 6.07) is 16.7. The number of nitrogens with one attached hydrogen (secondary N) is 2. The van der Waals surface area contributed by atoms with Gasteiger partial charge < -0.3 is 15.5 Å². The Balaban J connectivity index is 1.64. The third kappa shape index (κ3) is 4.46. The van der Waals surface area contributed by atoms with Gasteiger partial charge in [-0.05, 0) is 80.5 Å². The van der Waals surface area contributed by atoms with Crippen LogP contribution in [0.15, 0.2) is 67.4 Å². The maximum absolute atomic E-state index is 11.6. The molecule has 0 atom stereocenters. The van der Waals surface area contributed by atoms with Crippen molar-refractivity contribution < 1.29 is 4.79 Å². The summed E-state index contributed by atoms with van der Waals surface area (Å²) in [5.74, 6) is -0.213. The molecule has 0 radical (unpaired) electrons. The second kappa shape index (κ2) is 8.45. The number of hydrogen-bond donors (Lipinski definition) is 2. The largest absolute Gasteiger partial charge is 0.382 e. The fourth-order valence-corrected chi connectivity index (χ4v) is 3.79. The van der Waals surface area contributed by atoms with Crippen LogP contribution in [0.3, 0.4) is 0 Å². The van der Waals surface area contributed by atoms with E-state index in [4.69, 9.17) is 0 Å². The van der Waals surface area contributed by atoms with E-state index in [0.717, 1.165) is 59.3 Å². The predicted octanol–water partition coefficient (Wildman–Crippen LogP) is 4.53. The van der Waals surface area contributed by atoms with Crippen molar-refractivity contribution in [3.8, 4) is 11.1 Å². The summed E-state index contributed by atoms with van der Waals surface area (Å²) in [5, 5.41) is 7.67. The number of rotatable bonds is 5. The third-order valence-corrected chi connectivity index (χ3v) is 5.47. The van der Waals surface area contributed by atoms with E-state index in [2.05, 4.69) is 58.4 Å². The lowest BCUT2D eigenvalue weighted by Gasteiger charge is -2.30. The van der Waals surface area contributed by atoms with Gasteiger partial charge in [0.25, 0.3) is 0 Å². The summed E-state index contributed by atoms with van der Waals surface area (Å²) >= 11 is 0. The molecular weight excluding hydrogens is 360 g/mol. The van der Waals surface area contributed by atoms with Crippen molar-refractivity contribution in [1.29, 1.82) is 0 Å². The molecule has 0 spiro atoms. The number of benzene rings is 2. The Kier molecular flexibility index (Phi) is 5.58.